The highest BCUT2D eigenvalue weighted by Gasteiger charge is 2.32. The molecule has 1 aromatic heterocycles. The summed E-state index contributed by atoms with van der Waals surface area (Å²) in [5.74, 6) is 0.915. The molecule has 1 aromatic carbocycles. The van der Waals surface area contributed by atoms with Crippen molar-refractivity contribution in [3.63, 3.8) is 0 Å². The van der Waals surface area contributed by atoms with E-state index in [0.717, 1.165) is 18.6 Å². The lowest BCUT2D eigenvalue weighted by Gasteiger charge is -2.35. The Kier molecular flexibility index (Phi) is 5.62. The highest BCUT2D eigenvalue weighted by atomic mass is 16.5. The van der Waals surface area contributed by atoms with E-state index in [1.807, 2.05) is 30.3 Å². The van der Waals surface area contributed by atoms with Gasteiger partial charge in [-0.2, -0.15) is 0 Å². The average Bonchev–Trinajstić information content (AvgIpc) is 3.44. The first kappa shape index (κ1) is 18.6. The number of rotatable bonds is 5. The summed E-state index contributed by atoms with van der Waals surface area (Å²) < 4.78 is 16.7. The maximum absolute atomic E-state index is 12.9. The Morgan fingerprint density at radius 2 is 1.79 bits per heavy atom. The van der Waals surface area contributed by atoms with E-state index in [1.165, 1.54) is 6.26 Å². The number of ether oxygens (including phenoxy) is 2. The van der Waals surface area contributed by atoms with Crippen LogP contribution in [0.5, 0.6) is 5.75 Å². The van der Waals surface area contributed by atoms with Gasteiger partial charge >= 0.3 is 0 Å². The smallest absolute Gasteiger partial charge is 0.290 e. The third-order valence-corrected chi connectivity index (χ3v) is 5.16. The lowest BCUT2D eigenvalue weighted by molar-refractivity contribution is -0.142. The summed E-state index contributed by atoms with van der Waals surface area (Å²) >= 11 is 0. The van der Waals surface area contributed by atoms with E-state index >= 15 is 0 Å². The first-order valence-electron chi connectivity index (χ1n) is 9.66. The lowest BCUT2D eigenvalue weighted by atomic mass is 10.2. The van der Waals surface area contributed by atoms with Crippen LogP contribution in [-0.2, 0) is 16.1 Å². The van der Waals surface area contributed by atoms with Gasteiger partial charge in [-0.15, -0.1) is 0 Å². The van der Waals surface area contributed by atoms with Crippen LogP contribution >= 0.6 is 0 Å². The standard InChI is InChI=1S/C21H24N2O5/c24-20(18-7-4-13-26-18)22-9-11-23(12-10-22)21(25)19-16(8-14-27-19)15-28-17-5-2-1-3-6-17/h1-3,5-6,8,14,18H,4,7,9-13,15H2. The highest BCUT2D eigenvalue weighted by Crippen LogP contribution is 2.20. The first-order chi connectivity index (χ1) is 13.7. The summed E-state index contributed by atoms with van der Waals surface area (Å²) in [5.41, 5.74) is 0.715. The Labute approximate surface area is 163 Å². The first-order valence-corrected chi connectivity index (χ1v) is 9.66. The second kappa shape index (κ2) is 8.48. The minimum atomic E-state index is -0.311. The van der Waals surface area contributed by atoms with E-state index in [0.29, 0.717) is 44.1 Å². The molecule has 0 radical (unpaired) electrons. The number of hydrogen-bond donors (Lipinski definition) is 0. The minimum absolute atomic E-state index is 0.0412. The predicted molar refractivity (Wildman–Crippen MR) is 101 cm³/mol. The van der Waals surface area contributed by atoms with E-state index in [2.05, 4.69) is 0 Å². The maximum Gasteiger partial charge on any atom is 0.290 e. The van der Waals surface area contributed by atoms with Crippen LogP contribution in [0.1, 0.15) is 29.0 Å². The Hall–Kier alpha value is -2.80. The SMILES string of the molecule is O=C(c1occc1COc1ccccc1)N1CCN(C(=O)C2CCCO2)CC1. The topological polar surface area (TPSA) is 72.2 Å². The molecule has 148 valence electrons. The number of para-hydroxylation sites is 1. The van der Waals surface area contributed by atoms with Crippen LogP contribution in [0, 0.1) is 0 Å². The van der Waals surface area contributed by atoms with Crippen LogP contribution in [-0.4, -0.2) is 60.5 Å². The van der Waals surface area contributed by atoms with E-state index in [-0.39, 0.29) is 24.5 Å². The normalized spacial score (nSPS) is 19.6. The fourth-order valence-electron chi connectivity index (χ4n) is 3.56. The second-order valence-corrected chi connectivity index (χ2v) is 7.00. The summed E-state index contributed by atoms with van der Waals surface area (Å²) in [5, 5.41) is 0. The number of carbonyl (C=O) groups excluding carboxylic acids is 2. The average molecular weight is 384 g/mol. The molecule has 7 heteroatoms. The fraction of sp³-hybridized carbons (Fsp3) is 0.429. The van der Waals surface area contributed by atoms with Gasteiger partial charge < -0.3 is 23.7 Å². The second-order valence-electron chi connectivity index (χ2n) is 7.00. The van der Waals surface area contributed by atoms with Gasteiger partial charge in [0.05, 0.1) is 6.26 Å². The van der Waals surface area contributed by atoms with Gasteiger partial charge in [0.15, 0.2) is 5.76 Å². The molecule has 2 fully saturated rings. The van der Waals surface area contributed by atoms with Crippen molar-refractivity contribution in [2.45, 2.75) is 25.6 Å². The lowest BCUT2D eigenvalue weighted by Crippen LogP contribution is -2.52. The number of nitrogens with zero attached hydrogens (tertiary/aromatic N) is 2. The molecule has 0 spiro atoms. The monoisotopic (exact) mass is 384 g/mol. The molecule has 2 amide bonds. The quantitative estimate of drug-likeness (QED) is 0.791. The summed E-state index contributed by atoms with van der Waals surface area (Å²) in [6.07, 6.45) is 2.92. The van der Waals surface area contributed by atoms with Gasteiger partial charge in [0.2, 0.25) is 0 Å². The molecule has 2 aliphatic heterocycles. The zero-order valence-electron chi connectivity index (χ0n) is 15.7. The van der Waals surface area contributed by atoms with E-state index in [9.17, 15) is 9.59 Å². The Morgan fingerprint density at radius 1 is 1.04 bits per heavy atom. The zero-order chi connectivity index (χ0) is 19.3. The van der Waals surface area contributed by atoms with Crippen LogP contribution < -0.4 is 4.74 Å². The molecule has 1 unspecified atom stereocenters. The van der Waals surface area contributed by atoms with Crippen molar-refractivity contribution in [1.29, 1.82) is 0 Å². The van der Waals surface area contributed by atoms with Crippen molar-refractivity contribution in [3.8, 4) is 5.75 Å². The predicted octanol–water partition coefficient (Wildman–Crippen LogP) is 2.32. The van der Waals surface area contributed by atoms with Crippen molar-refractivity contribution >= 4 is 11.8 Å². The number of amides is 2. The molecule has 3 heterocycles. The molecular weight excluding hydrogens is 360 g/mol. The molecule has 1 atom stereocenters. The van der Waals surface area contributed by atoms with E-state index < -0.39 is 0 Å². The van der Waals surface area contributed by atoms with Crippen LogP contribution in [0.2, 0.25) is 0 Å². The molecule has 0 N–H and O–H groups in total. The summed E-state index contributed by atoms with van der Waals surface area (Å²) in [6.45, 7) is 2.91. The number of furan rings is 1. The molecule has 2 aliphatic rings. The van der Waals surface area contributed by atoms with Crippen LogP contribution in [0.15, 0.2) is 47.1 Å². The molecule has 28 heavy (non-hydrogen) atoms. The Morgan fingerprint density at radius 3 is 2.50 bits per heavy atom. The molecular formula is C21H24N2O5. The zero-order valence-corrected chi connectivity index (χ0v) is 15.7. The van der Waals surface area contributed by atoms with Gasteiger partial charge in [0.25, 0.3) is 11.8 Å². The third-order valence-electron chi connectivity index (χ3n) is 5.16. The van der Waals surface area contributed by atoms with Gasteiger partial charge in [-0.25, -0.2) is 0 Å². The summed E-state index contributed by atoms with van der Waals surface area (Å²) in [4.78, 5) is 28.8. The fourth-order valence-corrected chi connectivity index (χ4v) is 3.56. The molecule has 7 nitrogen and oxygen atoms in total. The van der Waals surface area contributed by atoms with Crippen LogP contribution in [0.3, 0.4) is 0 Å². The van der Waals surface area contributed by atoms with E-state index in [4.69, 9.17) is 13.9 Å². The van der Waals surface area contributed by atoms with Crippen LogP contribution in [0.25, 0.3) is 0 Å². The van der Waals surface area contributed by atoms with Crippen LogP contribution in [0.4, 0.5) is 0 Å². The molecule has 4 rings (SSSR count). The summed E-state index contributed by atoms with van der Waals surface area (Å²) in [7, 11) is 0. The maximum atomic E-state index is 12.9. The van der Waals surface area contributed by atoms with E-state index in [1.54, 1.807) is 15.9 Å². The number of benzene rings is 1. The van der Waals surface area contributed by atoms with Gasteiger partial charge in [-0.1, -0.05) is 18.2 Å². The van der Waals surface area contributed by atoms with Crippen molar-refractivity contribution in [1.82, 2.24) is 9.80 Å². The highest BCUT2D eigenvalue weighted by molar-refractivity contribution is 5.93. The Balaban J connectivity index is 1.33. The molecule has 0 aliphatic carbocycles. The number of piperazine rings is 1. The Bertz CT molecular complexity index is 805. The molecule has 2 saturated heterocycles. The van der Waals surface area contributed by atoms with Gasteiger partial charge in [0.1, 0.15) is 18.5 Å². The molecule has 0 bridgehead atoms. The molecule has 0 saturated carbocycles. The minimum Gasteiger partial charge on any atom is -0.489 e. The van der Waals surface area contributed by atoms with Crippen molar-refractivity contribution in [2.24, 2.45) is 0 Å². The van der Waals surface area contributed by atoms with Crippen molar-refractivity contribution in [2.75, 3.05) is 32.8 Å². The molecule has 2 aromatic rings. The van der Waals surface area contributed by atoms with Crippen molar-refractivity contribution in [3.05, 3.63) is 54.0 Å². The van der Waals surface area contributed by atoms with Gasteiger partial charge in [0, 0.05) is 38.3 Å². The third kappa shape index (κ3) is 4.04. The summed E-state index contributed by atoms with van der Waals surface area (Å²) in [6, 6.07) is 11.2. The van der Waals surface area contributed by atoms with Crippen molar-refractivity contribution < 1.29 is 23.5 Å². The van der Waals surface area contributed by atoms with Gasteiger partial charge in [-0.3, -0.25) is 9.59 Å². The number of carbonyl (C=O) groups is 2. The number of hydrogen-bond acceptors (Lipinski definition) is 5. The van der Waals surface area contributed by atoms with Gasteiger partial charge in [-0.05, 0) is 31.0 Å². The largest absolute Gasteiger partial charge is 0.489 e.